The highest BCUT2D eigenvalue weighted by molar-refractivity contribution is 6.05. The second kappa shape index (κ2) is 9.44. The van der Waals surface area contributed by atoms with Gasteiger partial charge in [-0.2, -0.15) is 0 Å². The molecular formula is C25H24N4O4. The number of para-hydroxylation sites is 1. The Morgan fingerprint density at radius 3 is 2.45 bits per heavy atom. The Balaban J connectivity index is 1.60. The van der Waals surface area contributed by atoms with Crippen molar-refractivity contribution in [2.75, 3.05) is 17.6 Å². The van der Waals surface area contributed by atoms with Crippen molar-refractivity contribution in [3.8, 4) is 0 Å². The summed E-state index contributed by atoms with van der Waals surface area (Å²) < 4.78 is 5.51. The summed E-state index contributed by atoms with van der Waals surface area (Å²) in [6.45, 7) is 0.416. The Bertz CT molecular complexity index is 1200. The normalized spacial score (nSPS) is 14.8. The van der Waals surface area contributed by atoms with Gasteiger partial charge >= 0.3 is 6.09 Å². The number of carbonyl (C=O) groups excluding carboxylic acids is 3. The van der Waals surface area contributed by atoms with Gasteiger partial charge < -0.3 is 21.5 Å². The lowest BCUT2D eigenvalue weighted by Crippen LogP contribution is -2.45. The zero-order chi connectivity index (χ0) is 23.4. The molecule has 0 radical (unpaired) electrons. The number of amides is 3. The molecule has 3 amide bonds. The van der Waals surface area contributed by atoms with Gasteiger partial charge in [0.2, 0.25) is 0 Å². The molecule has 0 aliphatic carbocycles. The maximum absolute atomic E-state index is 13.4. The number of anilines is 2. The van der Waals surface area contributed by atoms with Crippen molar-refractivity contribution < 1.29 is 19.1 Å². The third-order valence-electron chi connectivity index (χ3n) is 5.60. The van der Waals surface area contributed by atoms with Crippen molar-refractivity contribution in [2.24, 2.45) is 5.73 Å². The van der Waals surface area contributed by atoms with Crippen molar-refractivity contribution >= 4 is 29.3 Å². The number of hydrogen-bond acceptors (Lipinski definition) is 5. The van der Waals surface area contributed by atoms with E-state index in [1.54, 1.807) is 12.1 Å². The van der Waals surface area contributed by atoms with E-state index in [0.717, 1.165) is 11.1 Å². The maximum Gasteiger partial charge on any atom is 0.411 e. The summed E-state index contributed by atoms with van der Waals surface area (Å²) in [5.41, 5.74) is 14.4. The molecule has 3 aromatic rings. The van der Waals surface area contributed by atoms with Gasteiger partial charge in [0.25, 0.3) is 11.8 Å². The third kappa shape index (κ3) is 4.64. The Hall–Kier alpha value is -4.33. The van der Waals surface area contributed by atoms with E-state index in [-0.39, 0.29) is 23.5 Å². The largest absolute Gasteiger partial charge is 0.445 e. The highest BCUT2D eigenvalue weighted by atomic mass is 16.6. The van der Waals surface area contributed by atoms with Crippen LogP contribution >= 0.6 is 0 Å². The number of fused-ring (bicyclic) bond motifs is 1. The first-order valence-electron chi connectivity index (χ1n) is 10.5. The molecule has 0 saturated heterocycles. The summed E-state index contributed by atoms with van der Waals surface area (Å²) in [6, 6.07) is 20.5. The molecule has 1 aliphatic rings. The van der Waals surface area contributed by atoms with Crippen molar-refractivity contribution in [3.05, 3.63) is 95.1 Å². The monoisotopic (exact) mass is 444 g/mol. The van der Waals surface area contributed by atoms with Gasteiger partial charge in [-0.1, -0.05) is 60.7 Å². The third-order valence-corrected chi connectivity index (χ3v) is 5.60. The Labute approximate surface area is 191 Å². The van der Waals surface area contributed by atoms with Gasteiger partial charge in [0.15, 0.2) is 0 Å². The van der Waals surface area contributed by atoms with Crippen LogP contribution in [-0.2, 0) is 22.6 Å². The molecule has 4 rings (SSSR count). The molecular weight excluding hydrogens is 420 g/mol. The number of nitrogen functional groups attached to an aromatic ring is 1. The molecule has 33 heavy (non-hydrogen) atoms. The van der Waals surface area contributed by atoms with E-state index in [2.05, 4.69) is 5.32 Å². The first-order chi connectivity index (χ1) is 16.0. The van der Waals surface area contributed by atoms with Crippen LogP contribution in [0.15, 0.2) is 72.8 Å². The number of rotatable bonds is 5. The van der Waals surface area contributed by atoms with Gasteiger partial charge in [0.1, 0.15) is 12.6 Å². The number of ether oxygens (including phenoxy) is 1. The zero-order valence-electron chi connectivity index (χ0n) is 17.9. The van der Waals surface area contributed by atoms with Crippen LogP contribution in [0.3, 0.4) is 0 Å². The number of nitrogens with zero attached hydrogens (tertiary/aromatic N) is 1. The highest BCUT2D eigenvalue weighted by Crippen LogP contribution is 2.32. The summed E-state index contributed by atoms with van der Waals surface area (Å²) in [7, 11) is 0. The van der Waals surface area contributed by atoms with Gasteiger partial charge in [-0.05, 0) is 35.2 Å². The SMILES string of the molecule is NC(=O)c1cccc(NC(=O)[C@@H]2c3ccccc3CCN2C(=O)OCc2ccccc2)c1N. The highest BCUT2D eigenvalue weighted by Gasteiger charge is 2.37. The lowest BCUT2D eigenvalue weighted by atomic mass is 9.92. The molecule has 0 bridgehead atoms. The fraction of sp³-hybridized carbons (Fsp3) is 0.160. The van der Waals surface area contributed by atoms with Crippen molar-refractivity contribution in [2.45, 2.75) is 19.1 Å². The number of nitrogens with two attached hydrogens (primary N) is 2. The van der Waals surface area contributed by atoms with E-state index in [4.69, 9.17) is 16.2 Å². The van der Waals surface area contributed by atoms with Crippen LogP contribution in [0, 0.1) is 0 Å². The summed E-state index contributed by atoms with van der Waals surface area (Å²) >= 11 is 0. The molecule has 0 aromatic heterocycles. The smallest absolute Gasteiger partial charge is 0.411 e. The standard InChI is InChI=1S/C25H24N4O4/c26-21-19(23(27)30)11-6-12-20(21)28-24(31)22-18-10-5-4-9-17(18)13-14-29(22)25(32)33-15-16-7-2-1-3-8-16/h1-12,22H,13-15,26H2,(H2,27,30)(H,28,31)/t22-/m0/s1. The molecule has 168 valence electrons. The van der Waals surface area contributed by atoms with Crippen LogP contribution in [0.25, 0.3) is 0 Å². The van der Waals surface area contributed by atoms with Crippen LogP contribution in [-0.4, -0.2) is 29.4 Å². The minimum atomic E-state index is -0.921. The lowest BCUT2D eigenvalue weighted by Gasteiger charge is -2.35. The fourth-order valence-electron chi connectivity index (χ4n) is 3.94. The van der Waals surface area contributed by atoms with Gasteiger partial charge in [-0.25, -0.2) is 4.79 Å². The van der Waals surface area contributed by atoms with Crippen LogP contribution < -0.4 is 16.8 Å². The quantitative estimate of drug-likeness (QED) is 0.521. The Morgan fingerprint density at radius 2 is 1.70 bits per heavy atom. The van der Waals surface area contributed by atoms with E-state index in [1.165, 1.54) is 11.0 Å². The lowest BCUT2D eigenvalue weighted by molar-refractivity contribution is -0.121. The molecule has 8 nitrogen and oxygen atoms in total. The van der Waals surface area contributed by atoms with Crippen LogP contribution in [0.2, 0.25) is 0 Å². The summed E-state index contributed by atoms with van der Waals surface area (Å²) in [5, 5.41) is 2.75. The topological polar surface area (TPSA) is 128 Å². The van der Waals surface area contributed by atoms with Gasteiger partial charge in [-0.3, -0.25) is 14.5 Å². The second-order valence-electron chi connectivity index (χ2n) is 7.71. The molecule has 0 spiro atoms. The number of carbonyl (C=O) groups is 3. The minimum Gasteiger partial charge on any atom is -0.445 e. The van der Waals surface area contributed by atoms with Crippen LogP contribution in [0.4, 0.5) is 16.2 Å². The van der Waals surface area contributed by atoms with Crippen molar-refractivity contribution in [1.29, 1.82) is 0 Å². The molecule has 3 aromatic carbocycles. The predicted molar refractivity (Wildman–Crippen MR) is 124 cm³/mol. The molecule has 0 fully saturated rings. The molecule has 1 heterocycles. The van der Waals surface area contributed by atoms with Gasteiger partial charge in [0.05, 0.1) is 16.9 Å². The number of primary amides is 1. The number of benzene rings is 3. The average Bonchev–Trinajstić information content (AvgIpc) is 2.83. The van der Waals surface area contributed by atoms with E-state index in [0.29, 0.717) is 18.5 Å². The number of hydrogen-bond donors (Lipinski definition) is 3. The summed E-state index contributed by atoms with van der Waals surface area (Å²) in [4.78, 5) is 39.4. The van der Waals surface area contributed by atoms with E-state index < -0.39 is 23.9 Å². The molecule has 0 saturated carbocycles. The van der Waals surface area contributed by atoms with Crippen molar-refractivity contribution in [1.82, 2.24) is 4.90 Å². The zero-order valence-corrected chi connectivity index (χ0v) is 17.9. The summed E-state index contributed by atoms with van der Waals surface area (Å²) in [5.74, 6) is -1.16. The maximum atomic E-state index is 13.4. The average molecular weight is 444 g/mol. The predicted octanol–water partition coefficient (Wildman–Crippen LogP) is 3.24. The molecule has 5 N–H and O–H groups in total. The van der Waals surface area contributed by atoms with Gasteiger partial charge in [-0.15, -0.1) is 0 Å². The first kappa shape index (κ1) is 21.9. The molecule has 1 atom stereocenters. The van der Waals surface area contributed by atoms with E-state index >= 15 is 0 Å². The molecule has 8 heteroatoms. The van der Waals surface area contributed by atoms with E-state index in [1.807, 2.05) is 54.6 Å². The fourth-order valence-corrected chi connectivity index (χ4v) is 3.94. The van der Waals surface area contributed by atoms with Crippen LogP contribution in [0.5, 0.6) is 0 Å². The molecule has 0 unspecified atom stereocenters. The second-order valence-corrected chi connectivity index (χ2v) is 7.71. The van der Waals surface area contributed by atoms with Crippen molar-refractivity contribution in [3.63, 3.8) is 0 Å². The van der Waals surface area contributed by atoms with E-state index in [9.17, 15) is 14.4 Å². The molecule has 1 aliphatic heterocycles. The van der Waals surface area contributed by atoms with Crippen LogP contribution in [0.1, 0.15) is 33.1 Å². The minimum absolute atomic E-state index is 0.0700. The Morgan fingerprint density at radius 1 is 0.970 bits per heavy atom. The van der Waals surface area contributed by atoms with Gasteiger partial charge in [0, 0.05) is 6.54 Å². The first-order valence-corrected chi connectivity index (χ1v) is 10.5. The summed E-state index contributed by atoms with van der Waals surface area (Å²) in [6.07, 6.45) is 0.00651. The Kier molecular flexibility index (Phi) is 6.26. The number of nitrogens with one attached hydrogen (secondary N) is 1.